The SMILES string of the molecule is Fc1[c-]c(Br)ccc1.[Cl-].[Mg+2]. The Balaban J connectivity index is 0. The molecule has 4 heteroatoms. The maximum Gasteiger partial charge on any atom is 2.00 e. The van der Waals surface area contributed by atoms with E-state index in [9.17, 15) is 4.39 Å². The van der Waals surface area contributed by atoms with Gasteiger partial charge in [-0.1, -0.05) is 20.4 Å². The summed E-state index contributed by atoms with van der Waals surface area (Å²) in [5, 5.41) is 0. The van der Waals surface area contributed by atoms with Gasteiger partial charge in [-0.05, 0) is 0 Å². The van der Waals surface area contributed by atoms with Crippen LogP contribution < -0.4 is 12.4 Å². The summed E-state index contributed by atoms with van der Waals surface area (Å²) in [5.41, 5.74) is 0. The fourth-order valence-corrected chi connectivity index (χ4v) is 0.756. The largest absolute Gasteiger partial charge is 2.00 e. The van der Waals surface area contributed by atoms with Crippen LogP contribution in [0.1, 0.15) is 0 Å². The van der Waals surface area contributed by atoms with E-state index < -0.39 is 0 Å². The van der Waals surface area contributed by atoms with Gasteiger partial charge in [0.25, 0.3) is 0 Å². The van der Waals surface area contributed by atoms with Gasteiger partial charge >= 0.3 is 23.1 Å². The molecule has 0 radical (unpaired) electrons. The number of hydrogen-bond donors (Lipinski definition) is 0. The van der Waals surface area contributed by atoms with Gasteiger partial charge < -0.3 is 12.4 Å². The molecule has 0 atom stereocenters. The normalized spacial score (nSPS) is 7.40. The van der Waals surface area contributed by atoms with Gasteiger partial charge in [0.05, 0.1) is 0 Å². The summed E-state index contributed by atoms with van der Waals surface area (Å²) in [6.45, 7) is 0. The van der Waals surface area contributed by atoms with Crippen molar-refractivity contribution in [3.8, 4) is 0 Å². The van der Waals surface area contributed by atoms with Gasteiger partial charge in [-0.25, -0.2) is 4.39 Å². The monoisotopic (exact) mass is 232 g/mol. The van der Waals surface area contributed by atoms with E-state index in [2.05, 4.69) is 22.0 Å². The predicted octanol–water partition coefficient (Wildman–Crippen LogP) is -0.988. The van der Waals surface area contributed by atoms with Crippen molar-refractivity contribution in [3.63, 3.8) is 0 Å². The molecule has 50 valence electrons. The molecular weight excluding hydrogens is 231 g/mol. The molecule has 0 saturated carbocycles. The summed E-state index contributed by atoms with van der Waals surface area (Å²) in [6.07, 6.45) is 0. The minimum Gasteiger partial charge on any atom is -1.00 e. The molecule has 0 bridgehead atoms. The molecule has 0 N–H and O–H groups in total. The molecule has 0 fully saturated rings. The molecular formula is C6H3BrClFMg. The molecule has 0 aliphatic carbocycles. The van der Waals surface area contributed by atoms with E-state index in [-0.39, 0.29) is 41.3 Å². The summed E-state index contributed by atoms with van der Waals surface area (Å²) in [6, 6.07) is 7.12. The molecule has 0 saturated heterocycles. The van der Waals surface area contributed by atoms with Crippen LogP contribution in [0.4, 0.5) is 4.39 Å². The molecule has 0 amide bonds. The smallest absolute Gasteiger partial charge is 1.00 e. The van der Waals surface area contributed by atoms with E-state index >= 15 is 0 Å². The fourth-order valence-electron chi connectivity index (χ4n) is 0.414. The predicted molar refractivity (Wildman–Crippen MR) is 38.7 cm³/mol. The molecule has 1 rings (SSSR count). The van der Waals surface area contributed by atoms with E-state index in [0.29, 0.717) is 4.47 Å². The van der Waals surface area contributed by atoms with Gasteiger partial charge in [-0.15, -0.1) is 12.1 Å². The minimum absolute atomic E-state index is 0. The van der Waals surface area contributed by atoms with Crippen molar-refractivity contribution in [1.29, 1.82) is 0 Å². The summed E-state index contributed by atoms with van der Waals surface area (Å²) in [7, 11) is 0. The van der Waals surface area contributed by atoms with E-state index in [1.165, 1.54) is 6.07 Å². The van der Waals surface area contributed by atoms with Crippen LogP contribution in [0.25, 0.3) is 0 Å². The molecule has 0 aliphatic heterocycles. The minimum atomic E-state index is -0.334. The molecule has 0 aliphatic rings. The first-order valence-corrected chi connectivity index (χ1v) is 2.91. The van der Waals surface area contributed by atoms with Crippen molar-refractivity contribution in [2.75, 3.05) is 0 Å². The Morgan fingerprint density at radius 2 is 2.00 bits per heavy atom. The molecule has 0 aromatic heterocycles. The Morgan fingerprint density at radius 3 is 2.30 bits per heavy atom. The number of benzene rings is 1. The van der Waals surface area contributed by atoms with Gasteiger partial charge in [0.15, 0.2) is 0 Å². The van der Waals surface area contributed by atoms with E-state index in [4.69, 9.17) is 0 Å². The Bertz CT molecular complexity index is 178. The van der Waals surface area contributed by atoms with Crippen LogP contribution in [0.2, 0.25) is 0 Å². The van der Waals surface area contributed by atoms with Crippen LogP contribution in [0.15, 0.2) is 22.7 Å². The van der Waals surface area contributed by atoms with Gasteiger partial charge in [0.1, 0.15) is 0 Å². The number of halogens is 3. The van der Waals surface area contributed by atoms with Gasteiger partial charge in [0.2, 0.25) is 0 Å². The summed E-state index contributed by atoms with van der Waals surface area (Å²) in [4.78, 5) is 0. The maximum absolute atomic E-state index is 12.1. The van der Waals surface area contributed by atoms with Crippen molar-refractivity contribution in [2.45, 2.75) is 0 Å². The van der Waals surface area contributed by atoms with Crippen LogP contribution in [0.5, 0.6) is 0 Å². The second-order valence-electron chi connectivity index (χ2n) is 1.35. The third-order valence-corrected chi connectivity index (χ3v) is 1.19. The molecule has 10 heavy (non-hydrogen) atoms. The average molecular weight is 234 g/mol. The molecule has 1 aromatic rings. The topological polar surface area (TPSA) is 0 Å². The van der Waals surface area contributed by atoms with Crippen molar-refractivity contribution in [2.24, 2.45) is 0 Å². The van der Waals surface area contributed by atoms with E-state index in [1.54, 1.807) is 12.1 Å². The van der Waals surface area contributed by atoms with Crippen LogP contribution >= 0.6 is 15.9 Å². The third-order valence-electron chi connectivity index (χ3n) is 0.724. The number of hydrogen-bond acceptors (Lipinski definition) is 0. The van der Waals surface area contributed by atoms with Crippen molar-refractivity contribution in [3.05, 3.63) is 34.6 Å². The van der Waals surface area contributed by atoms with E-state index in [0.717, 1.165) is 0 Å². The van der Waals surface area contributed by atoms with Crippen LogP contribution in [0.3, 0.4) is 0 Å². The van der Waals surface area contributed by atoms with Crippen molar-refractivity contribution >= 4 is 39.0 Å². The average Bonchev–Trinajstić information content (AvgIpc) is 1.64. The Hall–Kier alpha value is 0.686. The zero-order chi connectivity index (χ0) is 5.98. The fraction of sp³-hybridized carbons (Fsp3) is 0. The van der Waals surface area contributed by atoms with Crippen molar-refractivity contribution in [1.82, 2.24) is 0 Å². The second kappa shape index (κ2) is 6.40. The van der Waals surface area contributed by atoms with E-state index in [1.807, 2.05) is 0 Å². The van der Waals surface area contributed by atoms with Crippen molar-refractivity contribution < 1.29 is 16.8 Å². The summed E-state index contributed by atoms with van der Waals surface area (Å²) in [5.74, 6) is -0.334. The maximum atomic E-state index is 12.1. The first kappa shape index (κ1) is 13.3. The quantitative estimate of drug-likeness (QED) is 0.399. The molecule has 0 nitrogen and oxygen atoms in total. The molecule has 0 heterocycles. The molecule has 0 spiro atoms. The van der Waals surface area contributed by atoms with Gasteiger partial charge in [0, 0.05) is 5.82 Å². The first-order chi connectivity index (χ1) is 3.79. The first-order valence-electron chi connectivity index (χ1n) is 2.12. The second-order valence-corrected chi connectivity index (χ2v) is 2.20. The van der Waals surface area contributed by atoms with Crippen LogP contribution in [-0.4, -0.2) is 23.1 Å². The zero-order valence-corrected chi connectivity index (χ0v) is 8.83. The van der Waals surface area contributed by atoms with Gasteiger partial charge in [-0.3, -0.25) is 0 Å². The standard InChI is InChI=1S/C6H3BrF.ClH.Mg/c7-5-2-1-3-6(8)4-5;;/h1-3H;1H;/q-1;;+2/p-1. The Kier molecular flexibility index (Phi) is 8.50. The summed E-state index contributed by atoms with van der Waals surface area (Å²) >= 11 is 3.07. The van der Waals surface area contributed by atoms with Crippen LogP contribution in [-0.2, 0) is 0 Å². The Labute approximate surface area is 89.9 Å². The third kappa shape index (κ3) is 4.49. The molecule has 1 aromatic carbocycles. The van der Waals surface area contributed by atoms with Gasteiger partial charge in [-0.2, -0.15) is 12.1 Å². The van der Waals surface area contributed by atoms with Crippen LogP contribution in [0, 0.1) is 11.9 Å². The number of rotatable bonds is 0. The molecule has 0 unspecified atom stereocenters. The zero-order valence-electron chi connectivity index (χ0n) is 5.07. The Morgan fingerprint density at radius 1 is 1.40 bits per heavy atom. The summed E-state index contributed by atoms with van der Waals surface area (Å²) < 4.78 is 12.7.